The van der Waals surface area contributed by atoms with Crippen molar-refractivity contribution in [1.29, 1.82) is 0 Å². The summed E-state index contributed by atoms with van der Waals surface area (Å²) in [6, 6.07) is 1.70. The van der Waals surface area contributed by atoms with Gasteiger partial charge in [-0.1, -0.05) is 13.3 Å². The Morgan fingerprint density at radius 1 is 1.47 bits per heavy atom. The first kappa shape index (κ1) is 13.2. The maximum absolute atomic E-state index is 11.9. The summed E-state index contributed by atoms with van der Waals surface area (Å²) in [4.78, 5) is 22.9. The summed E-state index contributed by atoms with van der Waals surface area (Å²) >= 11 is 0. The van der Waals surface area contributed by atoms with E-state index >= 15 is 0 Å². The fraction of sp³-hybridized carbons (Fsp3) is 0.545. The first-order chi connectivity index (χ1) is 8.15. The van der Waals surface area contributed by atoms with E-state index in [1.807, 2.05) is 6.92 Å². The van der Waals surface area contributed by atoms with E-state index in [0.717, 1.165) is 12.8 Å². The van der Waals surface area contributed by atoms with Crippen LogP contribution in [0, 0.1) is 0 Å². The van der Waals surface area contributed by atoms with Crippen molar-refractivity contribution in [1.82, 2.24) is 20.4 Å². The molecule has 2 N–H and O–H groups in total. The van der Waals surface area contributed by atoms with E-state index in [1.54, 1.807) is 18.5 Å². The van der Waals surface area contributed by atoms with Gasteiger partial charge in [-0.3, -0.25) is 9.59 Å². The third kappa shape index (κ3) is 4.26. The van der Waals surface area contributed by atoms with Crippen LogP contribution in [0.4, 0.5) is 0 Å². The fourth-order valence-corrected chi connectivity index (χ4v) is 1.36. The molecule has 0 aliphatic heterocycles. The first-order valence-electron chi connectivity index (χ1n) is 5.69. The number of nitrogens with one attached hydrogen (secondary N) is 2. The van der Waals surface area contributed by atoms with Crippen molar-refractivity contribution in [2.24, 2.45) is 0 Å². The minimum absolute atomic E-state index is 0.252. The Labute approximate surface area is 100 Å². The van der Waals surface area contributed by atoms with Gasteiger partial charge in [0.25, 0.3) is 5.91 Å². The van der Waals surface area contributed by atoms with Crippen LogP contribution < -0.4 is 10.6 Å². The monoisotopic (exact) mass is 238 g/mol. The molecule has 1 aromatic rings. The molecule has 17 heavy (non-hydrogen) atoms. The van der Waals surface area contributed by atoms with E-state index in [1.165, 1.54) is 11.6 Å². The van der Waals surface area contributed by atoms with Gasteiger partial charge < -0.3 is 10.6 Å². The Balaban J connectivity index is 2.63. The normalized spacial score (nSPS) is 11.9. The number of unbranched alkanes of at least 4 members (excludes halogenated alkanes) is 1. The smallest absolute Gasteiger partial charge is 0.265 e. The first-order valence-corrected chi connectivity index (χ1v) is 5.69. The lowest BCUT2D eigenvalue weighted by atomic mass is 10.3. The van der Waals surface area contributed by atoms with Crippen LogP contribution in [0.3, 0.4) is 0 Å². The second-order valence-corrected chi connectivity index (χ2v) is 3.73. The summed E-state index contributed by atoms with van der Waals surface area (Å²) in [5.41, 5.74) is 0. The lowest BCUT2D eigenvalue weighted by Gasteiger charge is -2.17. The van der Waals surface area contributed by atoms with Crippen molar-refractivity contribution in [3.63, 3.8) is 0 Å². The van der Waals surface area contributed by atoms with Gasteiger partial charge >= 0.3 is 0 Å². The summed E-state index contributed by atoms with van der Waals surface area (Å²) in [5.74, 6) is -0.520. The molecule has 0 saturated heterocycles. The maximum atomic E-state index is 11.9. The second kappa shape index (κ2) is 6.67. The molecule has 0 saturated carbocycles. The molecule has 2 amide bonds. The number of hydrogen-bond acceptors (Lipinski definition) is 3. The molecule has 1 atom stereocenters. The van der Waals surface area contributed by atoms with Gasteiger partial charge in [0.05, 0.1) is 0 Å². The Bertz CT molecular complexity index is 362. The average molecular weight is 238 g/mol. The second-order valence-electron chi connectivity index (χ2n) is 3.73. The van der Waals surface area contributed by atoms with Gasteiger partial charge in [-0.2, -0.15) is 5.10 Å². The summed E-state index contributed by atoms with van der Waals surface area (Å²) in [6.45, 7) is 4.02. The molecule has 1 aromatic heterocycles. The quantitative estimate of drug-likeness (QED) is 0.706. The van der Waals surface area contributed by atoms with Crippen LogP contribution in [0.2, 0.25) is 0 Å². The third-order valence-electron chi connectivity index (χ3n) is 2.21. The number of carbonyl (C=O) groups is 2. The molecule has 0 radical (unpaired) electrons. The van der Waals surface area contributed by atoms with Crippen molar-refractivity contribution in [2.75, 3.05) is 6.54 Å². The van der Waals surface area contributed by atoms with E-state index in [9.17, 15) is 9.59 Å². The van der Waals surface area contributed by atoms with Crippen molar-refractivity contribution in [3.05, 3.63) is 18.5 Å². The SMILES string of the molecule is CCCCNC(=O)C(NC(C)=O)n1cccn1. The van der Waals surface area contributed by atoms with Gasteiger partial charge in [0.1, 0.15) is 0 Å². The van der Waals surface area contributed by atoms with Gasteiger partial charge in [-0.25, -0.2) is 4.68 Å². The molecule has 1 rings (SSSR count). The zero-order valence-electron chi connectivity index (χ0n) is 10.1. The summed E-state index contributed by atoms with van der Waals surface area (Å²) in [7, 11) is 0. The predicted octanol–water partition coefficient (Wildman–Crippen LogP) is 0.434. The molecular weight excluding hydrogens is 220 g/mol. The van der Waals surface area contributed by atoms with Crippen LogP contribution >= 0.6 is 0 Å². The number of rotatable bonds is 6. The van der Waals surface area contributed by atoms with Gasteiger partial charge in [-0.05, 0) is 12.5 Å². The van der Waals surface area contributed by atoms with Gasteiger partial charge in [-0.15, -0.1) is 0 Å². The van der Waals surface area contributed by atoms with Crippen LogP contribution in [-0.2, 0) is 9.59 Å². The highest BCUT2D eigenvalue weighted by Gasteiger charge is 2.20. The van der Waals surface area contributed by atoms with E-state index < -0.39 is 6.17 Å². The number of amides is 2. The molecule has 0 aliphatic rings. The summed E-state index contributed by atoms with van der Waals surface area (Å²) in [5, 5.41) is 9.28. The lowest BCUT2D eigenvalue weighted by molar-refractivity contribution is -0.130. The molecule has 6 nitrogen and oxygen atoms in total. The Morgan fingerprint density at radius 3 is 2.76 bits per heavy atom. The molecule has 0 spiro atoms. The largest absolute Gasteiger partial charge is 0.353 e. The summed E-state index contributed by atoms with van der Waals surface area (Å²) in [6.07, 6.45) is 4.35. The van der Waals surface area contributed by atoms with Gasteiger partial charge in [0.2, 0.25) is 12.1 Å². The zero-order valence-corrected chi connectivity index (χ0v) is 10.1. The topological polar surface area (TPSA) is 76.0 Å². The fourth-order valence-electron chi connectivity index (χ4n) is 1.36. The highest BCUT2D eigenvalue weighted by atomic mass is 16.2. The number of hydrogen-bond donors (Lipinski definition) is 2. The van der Waals surface area contributed by atoms with E-state index in [2.05, 4.69) is 15.7 Å². The van der Waals surface area contributed by atoms with Crippen molar-refractivity contribution >= 4 is 11.8 Å². The molecule has 0 bridgehead atoms. The number of aromatic nitrogens is 2. The zero-order chi connectivity index (χ0) is 12.7. The van der Waals surface area contributed by atoms with Crippen LogP contribution in [0.5, 0.6) is 0 Å². The summed E-state index contributed by atoms with van der Waals surface area (Å²) < 4.78 is 1.42. The van der Waals surface area contributed by atoms with Gasteiger partial charge in [0.15, 0.2) is 0 Å². The van der Waals surface area contributed by atoms with Gasteiger partial charge in [0, 0.05) is 25.9 Å². The molecule has 94 valence electrons. The van der Waals surface area contributed by atoms with Crippen LogP contribution in [0.25, 0.3) is 0 Å². The standard InChI is InChI=1S/C11H18N4O2/c1-3-4-6-12-11(17)10(14-9(2)16)15-8-5-7-13-15/h5,7-8,10H,3-4,6H2,1-2H3,(H,12,17)(H,14,16). The third-order valence-corrected chi connectivity index (χ3v) is 2.21. The Hall–Kier alpha value is -1.85. The average Bonchev–Trinajstić information content (AvgIpc) is 2.79. The molecule has 1 unspecified atom stereocenters. The molecule has 0 aromatic carbocycles. The van der Waals surface area contributed by atoms with Crippen LogP contribution in [-0.4, -0.2) is 28.1 Å². The highest BCUT2D eigenvalue weighted by molar-refractivity contribution is 5.85. The number of nitrogens with zero attached hydrogens (tertiary/aromatic N) is 2. The molecule has 0 aliphatic carbocycles. The van der Waals surface area contributed by atoms with Crippen LogP contribution in [0.15, 0.2) is 18.5 Å². The predicted molar refractivity (Wildman–Crippen MR) is 63.0 cm³/mol. The molecule has 6 heteroatoms. The Morgan fingerprint density at radius 2 is 2.24 bits per heavy atom. The minimum atomic E-state index is -0.778. The molecular formula is C11H18N4O2. The highest BCUT2D eigenvalue weighted by Crippen LogP contribution is 2.01. The van der Waals surface area contributed by atoms with Crippen LogP contribution in [0.1, 0.15) is 32.9 Å². The maximum Gasteiger partial charge on any atom is 0.265 e. The van der Waals surface area contributed by atoms with E-state index in [-0.39, 0.29) is 11.8 Å². The van der Waals surface area contributed by atoms with Crippen molar-refractivity contribution < 1.29 is 9.59 Å². The molecule has 0 fully saturated rings. The van der Waals surface area contributed by atoms with Crippen molar-refractivity contribution in [3.8, 4) is 0 Å². The minimum Gasteiger partial charge on any atom is -0.353 e. The Kier molecular flexibility index (Phi) is 5.19. The molecule has 1 heterocycles. The van der Waals surface area contributed by atoms with E-state index in [4.69, 9.17) is 0 Å². The van der Waals surface area contributed by atoms with Crippen molar-refractivity contribution in [2.45, 2.75) is 32.9 Å². The number of carbonyl (C=O) groups excluding carboxylic acids is 2. The lowest BCUT2D eigenvalue weighted by Crippen LogP contribution is -2.43. The van der Waals surface area contributed by atoms with E-state index in [0.29, 0.717) is 6.54 Å².